The molecule has 5 heteroatoms. The third-order valence-corrected chi connectivity index (χ3v) is 4.95. The molecule has 20 heavy (non-hydrogen) atoms. The maximum atomic E-state index is 5.88. The summed E-state index contributed by atoms with van der Waals surface area (Å²) in [7, 11) is 0. The molecule has 112 valence electrons. The van der Waals surface area contributed by atoms with Crippen LogP contribution in [-0.4, -0.2) is 27.4 Å². The topological polar surface area (TPSA) is 68.8 Å². The van der Waals surface area contributed by atoms with E-state index in [4.69, 9.17) is 5.73 Å². The molecule has 2 heterocycles. The lowest BCUT2D eigenvalue weighted by Gasteiger charge is -2.24. The lowest BCUT2D eigenvalue weighted by Crippen LogP contribution is -2.38. The van der Waals surface area contributed by atoms with Gasteiger partial charge < -0.3 is 15.6 Å². The summed E-state index contributed by atoms with van der Waals surface area (Å²) in [5.74, 6) is 2.92. The number of nitrogens with two attached hydrogens (primary N) is 1. The summed E-state index contributed by atoms with van der Waals surface area (Å²) in [6.45, 7) is 4.09. The number of aromatic nitrogens is 3. The van der Waals surface area contributed by atoms with Crippen LogP contribution in [0.15, 0.2) is 0 Å². The van der Waals surface area contributed by atoms with Crippen molar-refractivity contribution in [3.8, 4) is 0 Å². The molecule has 0 saturated heterocycles. The molecule has 1 aliphatic carbocycles. The lowest BCUT2D eigenvalue weighted by molar-refractivity contribution is 0.360. The van der Waals surface area contributed by atoms with Crippen molar-refractivity contribution < 1.29 is 0 Å². The molecule has 0 amide bonds. The molecule has 1 aromatic rings. The Kier molecular flexibility index (Phi) is 4.36. The number of aryl methyl sites for hydroxylation is 1. The Morgan fingerprint density at radius 1 is 1.25 bits per heavy atom. The van der Waals surface area contributed by atoms with Crippen LogP contribution in [0.5, 0.6) is 0 Å². The fraction of sp³-hybridized carbons (Fsp3) is 0.867. The van der Waals surface area contributed by atoms with Crippen LogP contribution in [-0.2, 0) is 13.0 Å². The van der Waals surface area contributed by atoms with Gasteiger partial charge in [-0.15, -0.1) is 10.2 Å². The smallest absolute Gasteiger partial charge is 0.149 e. The second kappa shape index (κ2) is 6.22. The van der Waals surface area contributed by atoms with E-state index in [0.29, 0.717) is 12.0 Å². The van der Waals surface area contributed by atoms with Crippen molar-refractivity contribution in [2.45, 2.75) is 70.5 Å². The van der Waals surface area contributed by atoms with Crippen molar-refractivity contribution in [1.29, 1.82) is 0 Å². The van der Waals surface area contributed by atoms with Gasteiger partial charge in [0.15, 0.2) is 0 Å². The summed E-state index contributed by atoms with van der Waals surface area (Å²) >= 11 is 0. The van der Waals surface area contributed by atoms with Crippen molar-refractivity contribution in [3.05, 3.63) is 11.6 Å². The first-order chi connectivity index (χ1) is 9.79. The fourth-order valence-corrected chi connectivity index (χ4v) is 3.76. The molecule has 0 aromatic carbocycles. The molecule has 0 spiro atoms. The molecule has 3 N–H and O–H groups in total. The summed E-state index contributed by atoms with van der Waals surface area (Å²) in [6.07, 6.45) is 8.69. The van der Waals surface area contributed by atoms with Gasteiger partial charge in [0.25, 0.3) is 0 Å². The van der Waals surface area contributed by atoms with Crippen LogP contribution >= 0.6 is 0 Å². The van der Waals surface area contributed by atoms with Crippen molar-refractivity contribution in [1.82, 2.24) is 20.1 Å². The molecule has 0 bridgehead atoms. The maximum Gasteiger partial charge on any atom is 0.149 e. The number of hydrogen-bond acceptors (Lipinski definition) is 4. The standard InChI is InChI=1S/C15H27N5/c1-11(17-13-7-5-6-12(13)10-16)15-19-18-14-8-3-2-4-9-20(14)15/h11-13,17H,2-10,16H2,1H3. The van der Waals surface area contributed by atoms with E-state index in [9.17, 15) is 0 Å². The minimum absolute atomic E-state index is 0.270. The zero-order valence-corrected chi connectivity index (χ0v) is 12.5. The highest BCUT2D eigenvalue weighted by molar-refractivity contribution is 5.03. The monoisotopic (exact) mass is 277 g/mol. The van der Waals surface area contributed by atoms with Crippen molar-refractivity contribution in [2.75, 3.05) is 6.54 Å². The third kappa shape index (κ3) is 2.74. The van der Waals surface area contributed by atoms with Crippen LogP contribution in [0.25, 0.3) is 0 Å². The largest absolute Gasteiger partial charge is 0.330 e. The normalized spacial score (nSPS) is 28.1. The van der Waals surface area contributed by atoms with E-state index in [1.165, 1.54) is 44.3 Å². The molecule has 5 nitrogen and oxygen atoms in total. The second-order valence-corrected chi connectivity index (χ2v) is 6.36. The van der Waals surface area contributed by atoms with E-state index in [2.05, 4.69) is 27.0 Å². The van der Waals surface area contributed by atoms with E-state index >= 15 is 0 Å². The maximum absolute atomic E-state index is 5.88. The van der Waals surface area contributed by atoms with Gasteiger partial charge in [-0.2, -0.15) is 0 Å². The van der Waals surface area contributed by atoms with E-state index in [0.717, 1.165) is 25.3 Å². The molecule has 3 atom stereocenters. The molecular formula is C15H27N5. The van der Waals surface area contributed by atoms with Crippen LogP contribution in [0.3, 0.4) is 0 Å². The number of nitrogens with one attached hydrogen (secondary N) is 1. The van der Waals surface area contributed by atoms with Crippen LogP contribution in [0.4, 0.5) is 0 Å². The van der Waals surface area contributed by atoms with E-state index < -0.39 is 0 Å². The zero-order chi connectivity index (χ0) is 13.9. The van der Waals surface area contributed by atoms with Gasteiger partial charge in [-0.25, -0.2) is 0 Å². The van der Waals surface area contributed by atoms with E-state index in [-0.39, 0.29) is 6.04 Å². The zero-order valence-electron chi connectivity index (χ0n) is 12.5. The summed E-state index contributed by atoms with van der Waals surface area (Å²) in [5.41, 5.74) is 5.88. The highest BCUT2D eigenvalue weighted by Gasteiger charge is 2.29. The Morgan fingerprint density at radius 2 is 2.15 bits per heavy atom. The van der Waals surface area contributed by atoms with Gasteiger partial charge in [-0.05, 0) is 45.1 Å². The lowest BCUT2D eigenvalue weighted by atomic mass is 10.0. The first-order valence-corrected chi connectivity index (χ1v) is 8.17. The Balaban J connectivity index is 1.71. The molecule has 1 fully saturated rings. The first-order valence-electron chi connectivity index (χ1n) is 8.17. The Bertz CT molecular complexity index is 441. The van der Waals surface area contributed by atoms with Crippen molar-refractivity contribution in [2.24, 2.45) is 11.7 Å². The SMILES string of the molecule is CC(NC1CCCC1CN)c1nnc2n1CCCCC2. The summed E-state index contributed by atoms with van der Waals surface area (Å²) in [5, 5.41) is 12.6. The molecule has 0 radical (unpaired) electrons. The minimum Gasteiger partial charge on any atom is -0.330 e. The Hall–Kier alpha value is -0.940. The molecule has 1 saturated carbocycles. The predicted octanol–water partition coefficient (Wildman–Crippen LogP) is 1.78. The van der Waals surface area contributed by atoms with Gasteiger partial charge in [0.1, 0.15) is 11.6 Å². The van der Waals surface area contributed by atoms with Gasteiger partial charge in [-0.3, -0.25) is 0 Å². The molecular weight excluding hydrogens is 250 g/mol. The first kappa shape index (κ1) is 14.0. The average Bonchev–Trinajstić information content (AvgIpc) is 2.99. The average molecular weight is 277 g/mol. The molecule has 1 aliphatic heterocycles. The second-order valence-electron chi connectivity index (χ2n) is 6.36. The van der Waals surface area contributed by atoms with Gasteiger partial charge in [0.05, 0.1) is 6.04 Å². The number of rotatable bonds is 4. The molecule has 1 aromatic heterocycles. The van der Waals surface area contributed by atoms with Gasteiger partial charge in [0, 0.05) is 19.0 Å². The molecule has 2 aliphatic rings. The van der Waals surface area contributed by atoms with Gasteiger partial charge in [0.2, 0.25) is 0 Å². The summed E-state index contributed by atoms with van der Waals surface area (Å²) in [6, 6.07) is 0.820. The predicted molar refractivity (Wildman–Crippen MR) is 79.3 cm³/mol. The van der Waals surface area contributed by atoms with Crippen LogP contribution in [0.2, 0.25) is 0 Å². The van der Waals surface area contributed by atoms with Crippen molar-refractivity contribution >= 4 is 0 Å². The quantitative estimate of drug-likeness (QED) is 0.880. The number of fused-ring (bicyclic) bond motifs is 1. The summed E-state index contributed by atoms with van der Waals surface area (Å²) < 4.78 is 2.34. The van der Waals surface area contributed by atoms with Crippen LogP contribution < -0.4 is 11.1 Å². The van der Waals surface area contributed by atoms with Crippen LogP contribution in [0, 0.1) is 5.92 Å². The number of hydrogen-bond donors (Lipinski definition) is 2. The molecule has 3 unspecified atom stereocenters. The summed E-state index contributed by atoms with van der Waals surface area (Å²) in [4.78, 5) is 0. The van der Waals surface area contributed by atoms with E-state index in [1.807, 2.05) is 0 Å². The van der Waals surface area contributed by atoms with Crippen LogP contribution in [0.1, 0.15) is 63.1 Å². The Labute approximate surface area is 121 Å². The fourth-order valence-electron chi connectivity index (χ4n) is 3.76. The highest BCUT2D eigenvalue weighted by Crippen LogP contribution is 2.27. The minimum atomic E-state index is 0.270. The van der Waals surface area contributed by atoms with E-state index in [1.54, 1.807) is 0 Å². The van der Waals surface area contributed by atoms with Gasteiger partial charge in [-0.1, -0.05) is 12.8 Å². The number of nitrogens with zero attached hydrogens (tertiary/aromatic N) is 3. The molecule has 3 rings (SSSR count). The third-order valence-electron chi connectivity index (χ3n) is 4.95. The van der Waals surface area contributed by atoms with Gasteiger partial charge >= 0.3 is 0 Å². The highest BCUT2D eigenvalue weighted by atomic mass is 15.3. The Morgan fingerprint density at radius 3 is 3.00 bits per heavy atom. The van der Waals surface area contributed by atoms with Crippen molar-refractivity contribution in [3.63, 3.8) is 0 Å².